The molecule has 15 unspecified atom stereocenters. The largest absolute Gasteiger partial charge is 0.507 e. The van der Waals surface area contributed by atoms with Crippen molar-refractivity contribution >= 4 is 111 Å². The predicted octanol–water partition coefficient (Wildman–Crippen LogP) is 2.58. The zero-order chi connectivity index (χ0) is 104. The van der Waals surface area contributed by atoms with Gasteiger partial charge in [0.05, 0.1) is 155 Å². The van der Waals surface area contributed by atoms with Crippen LogP contribution >= 0.6 is 11.8 Å². The van der Waals surface area contributed by atoms with Gasteiger partial charge in [0.25, 0.3) is 0 Å². The lowest BCUT2D eigenvalue weighted by molar-refractivity contribution is -0.245. The molecule has 15 atom stereocenters. The number of alkyl carbamates (subject to hydrolysis) is 1. The summed E-state index contributed by atoms with van der Waals surface area (Å²) in [5, 5.41) is 121. The third-order valence-electron chi connectivity index (χ3n) is 25.7. The molecule has 1 aliphatic heterocycles. The van der Waals surface area contributed by atoms with Gasteiger partial charge in [-0.15, -0.1) is 0 Å². The van der Waals surface area contributed by atoms with E-state index in [-0.39, 0.29) is 181 Å². The van der Waals surface area contributed by atoms with Gasteiger partial charge in [0.15, 0.2) is 21.9 Å². The first-order valence-electron chi connectivity index (χ1n) is 47.5. The van der Waals surface area contributed by atoms with Crippen molar-refractivity contribution in [2.45, 2.75) is 192 Å². The van der Waals surface area contributed by atoms with E-state index in [1.807, 2.05) is 36.4 Å². The average Bonchev–Trinajstić information content (AvgIpc) is 0.707. The number of carbonyl (C=O) groups is 14. The first-order chi connectivity index (χ1) is 67.5. The standard InChI is InChI=1S/C97H136N10O33S2/c1-53(89(118)102-22-26-135-31-32-137-28-24-104-96(129)138-33-35-142(131,132)36-34-141-52-70(50-108)105-78(112)49-98)37-67(90(119)103-23-27-136-30-29-134-25-21-100-58(6)110)44-68(45-69(95(127)128)43-66(40-56(4)94(125)126)64-18-14-60-11-15-61-41-63(17-13-59(61)12-16-62(60)42-64)65(38-54(2)92(121)122)39-55(3)93(123)124)91(120)101-20-19-77(111)107-106-76(51-109)97(130)47-72-81(75(48-97)140-79-46-73(99)84(113)57(5)139-79)88(117)83-82(86(72)115)85(114)71-9-8-10-74(133-7)80(71)87(83)116/h8-10,13-14,17-18,41-42,50,53-57,65-70,73,75,79,84,109,113,115,117,130H,11-12,15-16,19-40,43-49,51-52,98-99H2,1-7H3,(H,100,110)(H,101,120)(H,102,118)(H,103,119)(H,104,129)(H,105,112)(H,107,111)(H,121,122)(H,123,124)(H,125,126)(H,127,128)/b106-76-. The second-order valence-electron chi connectivity index (χ2n) is 36.3. The molecule has 0 saturated carbocycles. The van der Waals surface area contributed by atoms with Gasteiger partial charge in [-0.3, -0.25) is 57.5 Å². The molecule has 20 N–H and O–H groups in total. The molecule has 43 nitrogen and oxygen atoms in total. The lowest BCUT2D eigenvalue weighted by atomic mass is 9.71. The molecule has 0 aromatic heterocycles. The summed E-state index contributed by atoms with van der Waals surface area (Å²) in [4.78, 5) is 185. The van der Waals surface area contributed by atoms with Gasteiger partial charge in [-0.25, -0.2) is 18.6 Å². The highest BCUT2D eigenvalue weighted by Gasteiger charge is 2.51. The van der Waals surface area contributed by atoms with Gasteiger partial charge in [-0.2, -0.15) is 16.9 Å². The maximum absolute atomic E-state index is 15.3. The number of phenolic OH excluding ortho intramolecular Hbond substituents is 2. The number of hydrazone groups is 1. The fourth-order valence-corrected chi connectivity index (χ4v) is 20.4. The number of aliphatic hydroxyl groups is 3. The minimum atomic E-state index is -3.65. The number of benzene rings is 4. The molecule has 784 valence electrons. The molecule has 4 aromatic rings. The van der Waals surface area contributed by atoms with Crippen LogP contribution in [0.25, 0.3) is 0 Å². The Morgan fingerprint density at radius 3 is 1.66 bits per heavy atom. The van der Waals surface area contributed by atoms with E-state index in [1.165, 1.54) is 53.0 Å². The zero-order valence-corrected chi connectivity index (χ0v) is 82.6. The van der Waals surface area contributed by atoms with Crippen LogP contribution in [0.5, 0.6) is 17.2 Å². The summed E-state index contributed by atoms with van der Waals surface area (Å²) in [6.45, 7) is 6.92. The van der Waals surface area contributed by atoms with E-state index in [0.717, 1.165) is 39.6 Å². The highest BCUT2D eigenvalue weighted by molar-refractivity contribution is 8.00. The van der Waals surface area contributed by atoms with Gasteiger partial charge < -0.3 is 132 Å². The van der Waals surface area contributed by atoms with Crippen molar-refractivity contribution in [3.05, 3.63) is 121 Å². The SMILES string of the molecule is COc1cccc2c1C(=O)c1c(O)c3c(c(O)c1C2=O)CC(O)(/C(CO)=N\NC(=O)CCNC(=O)C(CC(CC(CC(C)C(=O)O)c1ccc2c(c1)CCc1ccc(C(CC(C)C(=O)O)CC(C)C(=O)O)cc1CC2)C(=O)O)CC(CC(C)C(=O)NCCOCCOCCNC(=O)OCCS(=O)(=O)CCSCC(C=O)NC(=O)CN)C(=O)NCCOCCOCCNC(C)=O)CC3OC1CC(N)C(O)C(C)O1. The number of aromatic hydroxyl groups is 2. The van der Waals surface area contributed by atoms with E-state index in [0.29, 0.717) is 37.5 Å². The fourth-order valence-electron chi connectivity index (χ4n) is 17.8. The Labute approximate surface area is 827 Å². The van der Waals surface area contributed by atoms with Crippen molar-refractivity contribution < 1.29 is 159 Å². The first-order valence-corrected chi connectivity index (χ1v) is 50.5. The molecule has 8 rings (SSSR count). The number of ketones is 2. The molecule has 45 heteroatoms. The van der Waals surface area contributed by atoms with Crippen LogP contribution in [-0.4, -0.2) is 315 Å². The molecular weight excluding hydrogens is 1900 g/mol. The molecular formula is C97H136N10O33S2. The molecule has 1 heterocycles. The number of fused-ring (bicyclic) bond motifs is 5. The van der Waals surface area contributed by atoms with Crippen LogP contribution < -0.4 is 53.5 Å². The Balaban J connectivity index is 1.02. The number of hydrogen-bond acceptors (Lipinski definition) is 33. The number of rotatable bonds is 61. The lowest BCUT2D eigenvalue weighted by Gasteiger charge is -2.43. The number of amides is 7. The number of aliphatic hydroxyl groups excluding tert-OH is 2. The number of nitrogens with two attached hydrogens (primary N) is 2. The molecule has 0 bridgehead atoms. The fraction of sp³-hybridized carbons (Fsp3) is 0.598. The quantitative estimate of drug-likeness (QED) is 0.00874. The van der Waals surface area contributed by atoms with Crippen LogP contribution in [0.3, 0.4) is 0 Å². The van der Waals surface area contributed by atoms with Gasteiger partial charge in [0.2, 0.25) is 41.2 Å². The number of nitrogens with zero attached hydrogens (tertiary/aromatic N) is 1. The van der Waals surface area contributed by atoms with E-state index in [1.54, 1.807) is 13.8 Å². The van der Waals surface area contributed by atoms with Crippen molar-refractivity contribution in [3.63, 3.8) is 0 Å². The number of carbonyl (C=O) groups excluding carboxylic acids is 10. The lowest BCUT2D eigenvalue weighted by Crippen LogP contribution is -2.53. The maximum Gasteiger partial charge on any atom is 0.407 e. The average molecular weight is 2030 g/mol. The molecule has 0 radical (unpaired) electrons. The van der Waals surface area contributed by atoms with Crippen LogP contribution in [-0.2, 0) is 128 Å². The Morgan fingerprint density at radius 1 is 0.613 bits per heavy atom. The number of hydrogen-bond donors (Lipinski definition) is 18. The maximum atomic E-state index is 15.3. The summed E-state index contributed by atoms with van der Waals surface area (Å²) in [6, 6.07) is 13.9. The molecule has 1 saturated heterocycles. The number of thioether (sulfide) groups is 1. The minimum absolute atomic E-state index is 0.00932. The van der Waals surface area contributed by atoms with Crippen LogP contribution in [0, 0.1) is 41.4 Å². The number of ether oxygens (including phenoxy) is 8. The third kappa shape index (κ3) is 34.5. The Hall–Kier alpha value is -11.2. The van der Waals surface area contributed by atoms with Crippen molar-refractivity contribution in [1.82, 2.24) is 37.3 Å². The molecule has 3 aliphatic carbocycles. The summed E-state index contributed by atoms with van der Waals surface area (Å²) in [7, 11) is -2.39. The molecule has 7 amide bonds. The van der Waals surface area contributed by atoms with Crippen molar-refractivity contribution in [1.29, 1.82) is 0 Å². The Kier molecular flexibility index (Phi) is 46.4. The van der Waals surface area contributed by atoms with E-state index < -0.39 is 256 Å². The summed E-state index contributed by atoms with van der Waals surface area (Å²) >= 11 is 1.13. The summed E-state index contributed by atoms with van der Waals surface area (Å²) in [6.07, 6.45) is -6.68. The number of aryl methyl sites for hydroxylation is 4. The number of carboxylic acids is 4. The van der Waals surface area contributed by atoms with Crippen molar-refractivity contribution in [2.24, 2.45) is 58.0 Å². The van der Waals surface area contributed by atoms with Gasteiger partial charge in [0.1, 0.15) is 35.7 Å². The minimum Gasteiger partial charge on any atom is -0.507 e. The Bertz CT molecular complexity index is 5190. The molecule has 1 fully saturated rings. The number of nitrogens with one attached hydrogen (secondary N) is 7. The van der Waals surface area contributed by atoms with E-state index in [2.05, 4.69) is 42.4 Å². The number of methoxy groups -OCH3 is 1. The second kappa shape index (κ2) is 56.7. The van der Waals surface area contributed by atoms with Crippen LogP contribution in [0.2, 0.25) is 0 Å². The summed E-state index contributed by atoms with van der Waals surface area (Å²) < 4.78 is 70.3. The molecule has 4 aliphatic rings. The van der Waals surface area contributed by atoms with Crippen LogP contribution in [0.4, 0.5) is 4.79 Å². The van der Waals surface area contributed by atoms with Crippen LogP contribution in [0.1, 0.15) is 200 Å². The van der Waals surface area contributed by atoms with Gasteiger partial charge in [-0.05, 0) is 129 Å². The number of sulfone groups is 1. The molecule has 142 heavy (non-hydrogen) atoms. The van der Waals surface area contributed by atoms with E-state index >= 15 is 4.79 Å². The smallest absolute Gasteiger partial charge is 0.407 e. The van der Waals surface area contributed by atoms with Crippen LogP contribution in [0.15, 0.2) is 59.7 Å². The van der Waals surface area contributed by atoms with E-state index in [4.69, 9.17) is 49.4 Å². The number of aldehydes is 1. The second-order valence-corrected chi connectivity index (χ2v) is 39.8. The highest BCUT2D eigenvalue weighted by Crippen LogP contribution is 2.53. The number of aliphatic carboxylic acids is 4. The van der Waals surface area contributed by atoms with Gasteiger partial charge >= 0.3 is 30.0 Å². The Morgan fingerprint density at radius 2 is 1.13 bits per heavy atom. The molecule has 4 aromatic carbocycles. The topological polar surface area (TPSA) is 678 Å². The first kappa shape index (κ1) is 116. The molecule has 0 spiro atoms. The zero-order valence-electron chi connectivity index (χ0n) is 80.9. The van der Waals surface area contributed by atoms with Gasteiger partial charge in [0, 0.05) is 117 Å². The number of carboxylic acid groups (broad SMARTS) is 4. The van der Waals surface area contributed by atoms with E-state index in [9.17, 15) is 117 Å². The monoisotopic (exact) mass is 2030 g/mol. The van der Waals surface area contributed by atoms with Crippen molar-refractivity contribution in [2.75, 3.05) is 135 Å². The normalized spacial score (nSPS) is 19.3. The van der Waals surface area contributed by atoms with Crippen molar-refractivity contribution in [3.8, 4) is 17.2 Å². The number of phenols is 2. The van der Waals surface area contributed by atoms with Gasteiger partial charge in [-0.1, -0.05) is 76.2 Å². The third-order valence-corrected chi connectivity index (χ3v) is 28.7. The summed E-state index contributed by atoms with van der Waals surface area (Å²) in [5.41, 5.74) is 13.8. The predicted molar refractivity (Wildman–Crippen MR) is 513 cm³/mol. The highest BCUT2D eigenvalue weighted by atomic mass is 32.2. The summed E-state index contributed by atoms with van der Waals surface area (Å²) in [5.74, 6) is -21.5.